The number of oxime groups is 1. The fraction of sp³-hybridized carbons (Fsp3) is 0.478. The first-order valence-corrected chi connectivity index (χ1v) is 11.0. The second-order valence-corrected chi connectivity index (χ2v) is 8.44. The summed E-state index contributed by atoms with van der Waals surface area (Å²) in [5.74, 6) is 1.03. The lowest BCUT2D eigenvalue weighted by molar-refractivity contribution is -0.138. The normalized spacial score (nSPS) is 19.5. The number of likely N-dealkylation sites (tertiary alicyclic amines) is 2. The molecule has 8 nitrogen and oxygen atoms in total. The van der Waals surface area contributed by atoms with E-state index in [9.17, 15) is 10.0 Å². The lowest BCUT2D eigenvalue weighted by Gasteiger charge is -2.37. The number of piperidine rings is 2. The number of nitrogens with zero attached hydrogens (tertiary/aromatic N) is 5. The first kappa shape index (κ1) is 21.2. The van der Waals surface area contributed by atoms with Gasteiger partial charge in [0.15, 0.2) is 0 Å². The van der Waals surface area contributed by atoms with Crippen LogP contribution in [-0.4, -0.2) is 62.8 Å². The summed E-state index contributed by atoms with van der Waals surface area (Å²) in [6.45, 7) is 4.07. The fourth-order valence-corrected chi connectivity index (χ4v) is 4.68. The molecule has 0 aliphatic carbocycles. The molecule has 1 amide bonds. The van der Waals surface area contributed by atoms with Crippen molar-refractivity contribution in [2.24, 2.45) is 17.0 Å². The topological polar surface area (TPSA) is 108 Å². The summed E-state index contributed by atoms with van der Waals surface area (Å²) in [6, 6.07) is 9.50. The highest BCUT2D eigenvalue weighted by molar-refractivity contribution is 6.00. The second-order valence-electron chi connectivity index (χ2n) is 8.44. The number of hydrogen-bond acceptors (Lipinski definition) is 7. The first-order chi connectivity index (χ1) is 15.1. The minimum Gasteiger partial charge on any atom is -0.411 e. The number of nitrogens with two attached hydrogens (primary N) is 1. The van der Waals surface area contributed by atoms with Gasteiger partial charge in [0, 0.05) is 43.9 Å². The number of amides is 1. The van der Waals surface area contributed by atoms with Crippen LogP contribution < -0.4 is 5.73 Å². The molecule has 0 aromatic carbocycles. The van der Waals surface area contributed by atoms with E-state index in [1.807, 2.05) is 35.2 Å². The summed E-state index contributed by atoms with van der Waals surface area (Å²) >= 11 is 0. The predicted molar refractivity (Wildman–Crippen MR) is 119 cm³/mol. The van der Waals surface area contributed by atoms with Gasteiger partial charge in [-0.25, -0.2) is 4.98 Å². The van der Waals surface area contributed by atoms with E-state index in [2.05, 4.69) is 20.0 Å². The third kappa shape index (κ3) is 5.19. The van der Waals surface area contributed by atoms with Crippen LogP contribution >= 0.6 is 0 Å². The lowest BCUT2D eigenvalue weighted by atomic mass is 9.88. The number of rotatable bonds is 5. The summed E-state index contributed by atoms with van der Waals surface area (Å²) in [5.41, 5.74) is 8.26. The maximum atomic E-state index is 13.1. The molecule has 4 rings (SSSR count). The summed E-state index contributed by atoms with van der Waals surface area (Å²) in [4.78, 5) is 25.8. The smallest absolute Gasteiger partial charge is 0.225 e. The summed E-state index contributed by atoms with van der Waals surface area (Å²) in [5, 5.41) is 13.0. The van der Waals surface area contributed by atoms with Crippen LogP contribution in [0.1, 0.15) is 36.9 Å². The van der Waals surface area contributed by atoms with Crippen molar-refractivity contribution in [3.8, 4) is 0 Å². The number of pyridine rings is 2. The number of carbonyl (C=O) groups is 1. The highest BCUT2D eigenvalue weighted by Crippen LogP contribution is 2.26. The Morgan fingerprint density at radius 1 is 1.03 bits per heavy atom. The molecule has 164 valence electrons. The van der Waals surface area contributed by atoms with E-state index in [0.717, 1.165) is 50.9 Å². The largest absolute Gasteiger partial charge is 0.411 e. The number of hydrogen-bond donors (Lipinski definition) is 2. The van der Waals surface area contributed by atoms with Gasteiger partial charge in [0.05, 0.1) is 5.69 Å². The van der Waals surface area contributed by atoms with Gasteiger partial charge in [0.25, 0.3) is 0 Å². The van der Waals surface area contributed by atoms with Gasteiger partial charge >= 0.3 is 0 Å². The molecule has 2 aliphatic heterocycles. The van der Waals surface area contributed by atoms with E-state index in [0.29, 0.717) is 30.3 Å². The third-order valence-corrected chi connectivity index (χ3v) is 6.42. The Hall–Kier alpha value is -3.00. The first-order valence-electron chi connectivity index (χ1n) is 11.0. The highest BCUT2D eigenvalue weighted by Gasteiger charge is 2.32. The molecule has 2 aromatic rings. The van der Waals surface area contributed by atoms with Crippen molar-refractivity contribution < 1.29 is 10.0 Å². The molecule has 0 saturated carbocycles. The Morgan fingerprint density at radius 3 is 2.42 bits per heavy atom. The van der Waals surface area contributed by atoms with Crippen molar-refractivity contribution in [1.29, 1.82) is 0 Å². The van der Waals surface area contributed by atoms with E-state index in [4.69, 9.17) is 5.73 Å². The van der Waals surface area contributed by atoms with Crippen molar-refractivity contribution in [3.05, 3.63) is 54.0 Å². The second kappa shape index (κ2) is 9.87. The zero-order valence-electron chi connectivity index (χ0n) is 17.7. The van der Waals surface area contributed by atoms with Gasteiger partial charge in [-0.2, -0.15) is 0 Å². The van der Waals surface area contributed by atoms with Gasteiger partial charge in [0.1, 0.15) is 11.5 Å². The minimum absolute atomic E-state index is 0.0945. The fourth-order valence-electron chi connectivity index (χ4n) is 4.68. The molecular weight excluding hydrogens is 392 g/mol. The van der Waals surface area contributed by atoms with Gasteiger partial charge < -0.3 is 15.8 Å². The van der Waals surface area contributed by atoms with Crippen molar-refractivity contribution in [2.75, 3.05) is 31.9 Å². The van der Waals surface area contributed by atoms with Gasteiger partial charge in [0.2, 0.25) is 5.91 Å². The molecule has 2 saturated heterocycles. The van der Waals surface area contributed by atoms with Crippen LogP contribution in [0.5, 0.6) is 0 Å². The van der Waals surface area contributed by atoms with Gasteiger partial charge in [-0.05, 0) is 68.6 Å². The zero-order valence-corrected chi connectivity index (χ0v) is 17.7. The number of carbonyl (C=O) groups excluding carboxylic acids is 1. The molecule has 8 heteroatoms. The van der Waals surface area contributed by atoms with Crippen LogP contribution in [0, 0.1) is 11.8 Å². The van der Waals surface area contributed by atoms with Gasteiger partial charge in [-0.15, -0.1) is 0 Å². The molecule has 0 bridgehead atoms. The molecule has 2 fully saturated rings. The predicted octanol–water partition coefficient (Wildman–Crippen LogP) is 2.39. The maximum Gasteiger partial charge on any atom is 0.225 e. The number of nitrogen functional groups attached to an aromatic ring is 1. The Balaban J connectivity index is 1.26. The van der Waals surface area contributed by atoms with Crippen LogP contribution in [0.3, 0.4) is 0 Å². The molecule has 31 heavy (non-hydrogen) atoms. The van der Waals surface area contributed by atoms with Crippen LogP contribution in [0.4, 0.5) is 5.82 Å². The molecule has 4 heterocycles. The van der Waals surface area contributed by atoms with Gasteiger partial charge in [-0.3, -0.25) is 14.7 Å². The molecule has 0 radical (unpaired) electrons. The SMILES string of the molecule is Nc1cc(CN2CCC(C(=O)N3CCC(/C(=N/O)c4ccccn4)CC3)CC2)ccn1. The average Bonchev–Trinajstić information content (AvgIpc) is 2.81. The maximum absolute atomic E-state index is 13.1. The van der Waals surface area contributed by atoms with E-state index in [-0.39, 0.29) is 17.7 Å². The molecule has 0 atom stereocenters. The van der Waals surface area contributed by atoms with Crippen molar-refractivity contribution in [2.45, 2.75) is 32.2 Å². The summed E-state index contributed by atoms with van der Waals surface area (Å²) in [6.07, 6.45) is 6.81. The van der Waals surface area contributed by atoms with Crippen LogP contribution in [-0.2, 0) is 11.3 Å². The van der Waals surface area contributed by atoms with Crippen molar-refractivity contribution >= 4 is 17.4 Å². The lowest BCUT2D eigenvalue weighted by Crippen LogP contribution is -2.46. The number of anilines is 1. The highest BCUT2D eigenvalue weighted by atomic mass is 16.4. The molecule has 0 unspecified atom stereocenters. The molecule has 3 N–H and O–H groups in total. The summed E-state index contributed by atoms with van der Waals surface area (Å²) in [7, 11) is 0. The van der Waals surface area contributed by atoms with E-state index in [1.54, 1.807) is 12.4 Å². The van der Waals surface area contributed by atoms with Crippen molar-refractivity contribution in [1.82, 2.24) is 19.8 Å². The molecular formula is C23H30N6O2. The Bertz CT molecular complexity index is 903. The Morgan fingerprint density at radius 2 is 1.77 bits per heavy atom. The third-order valence-electron chi connectivity index (χ3n) is 6.42. The zero-order chi connectivity index (χ0) is 21.6. The van der Waals surface area contributed by atoms with E-state index >= 15 is 0 Å². The summed E-state index contributed by atoms with van der Waals surface area (Å²) < 4.78 is 0. The average molecular weight is 423 g/mol. The molecule has 2 aliphatic rings. The molecule has 0 spiro atoms. The van der Waals surface area contributed by atoms with Crippen LogP contribution in [0.2, 0.25) is 0 Å². The van der Waals surface area contributed by atoms with Crippen LogP contribution in [0.15, 0.2) is 47.9 Å². The monoisotopic (exact) mass is 422 g/mol. The van der Waals surface area contributed by atoms with Crippen molar-refractivity contribution in [3.63, 3.8) is 0 Å². The molecule has 2 aromatic heterocycles. The van der Waals surface area contributed by atoms with Gasteiger partial charge in [-0.1, -0.05) is 11.2 Å². The number of aromatic nitrogens is 2. The van der Waals surface area contributed by atoms with E-state index in [1.165, 1.54) is 0 Å². The van der Waals surface area contributed by atoms with Crippen LogP contribution in [0.25, 0.3) is 0 Å². The Kier molecular flexibility index (Phi) is 6.76. The quantitative estimate of drug-likeness (QED) is 0.435. The standard InChI is InChI=1S/C23H30N6O2/c24-21-15-17(4-10-26-21)16-28-11-5-19(6-12-28)23(30)29-13-7-18(8-14-29)22(27-31)20-3-1-2-9-25-20/h1-4,9-10,15,18-19,31H,5-8,11-14,16H2,(H2,24,26)/b27-22-. The Labute approximate surface area is 182 Å². The van der Waals surface area contributed by atoms with E-state index < -0.39 is 0 Å². The minimum atomic E-state index is 0.0945.